The number of aliphatic imine (C=N–C) groups is 1. The van der Waals surface area contributed by atoms with Crippen LogP contribution in [0.1, 0.15) is 53.9 Å². The molecule has 0 bridgehead atoms. The summed E-state index contributed by atoms with van der Waals surface area (Å²) in [5.74, 6) is 0.921. The van der Waals surface area contributed by atoms with Crippen LogP contribution in [0, 0.1) is 12.3 Å². The lowest BCUT2D eigenvalue weighted by Gasteiger charge is -2.33. The van der Waals surface area contributed by atoms with Crippen LogP contribution in [-0.2, 0) is 0 Å². The van der Waals surface area contributed by atoms with Crippen LogP contribution < -0.4 is 10.6 Å². The topological polar surface area (TPSA) is 69.6 Å². The van der Waals surface area contributed by atoms with Gasteiger partial charge in [0.1, 0.15) is 4.88 Å². The summed E-state index contributed by atoms with van der Waals surface area (Å²) in [7, 11) is 1.84. The molecule has 1 aliphatic carbocycles. The maximum atomic E-state index is 12.1. The second-order valence-corrected chi connectivity index (χ2v) is 8.08. The Morgan fingerprint density at radius 3 is 2.72 bits per heavy atom. The zero-order valence-corrected chi connectivity index (χ0v) is 16.1. The van der Waals surface area contributed by atoms with E-state index in [1.807, 2.05) is 14.0 Å². The molecule has 25 heavy (non-hydrogen) atoms. The van der Waals surface area contributed by atoms with Gasteiger partial charge in [-0.1, -0.05) is 19.3 Å². The monoisotopic (exact) mass is 363 g/mol. The van der Waals surface area contributed by atoms with E-state index in [1.165, 1.54) is 49.9 Å². The highest BCUT2D eigenvalue weighted by Gasteiger charge is 2.39. The highest BCUT2D eigenvalue weighted by molar-refractivity contribution is 7.11. The number of hydrogen-bond donors (Lipinski definition) is 2. The van der Waals surface area contributed by atoms with Gasteiger partial charge in [0.2, 0.25) is 0 Å². The van der Waals surface area contributed by atoms with Crippen LogP contribution in [0.3, 0.4) is 0 Å². The summed E-state index contributed by atoms with van der Waals surface area (Å²) in [6.45, 7) is 5.33. The van der Waals surface area contributed by atoms with Gasteiger partial charge in [-0.3, -0.25) is 9.79 Å². The Balaban J connectivity index is 1.43. The lowest BCUT2D eigenvalue weighted by Crippen LogP contribution is -2.44. The normalized spacial score (nSPS) is 20.1. The van der Waals surface area contributed by atoms with Gasteiger partial charge in [0, 0.05) is 33.2 Å². The molecule has 1 amide bonds. The fourth-order valence-corrected chi connectivity index (χ4v) is 4.83. The van der Waals surface area contributed by atoms with Crippen LogP contribution in [0.25, 0.3) is 0 Å². The van der Waals surface area contributed by atoms with Crippen LogP contribution in [0.2, 0.25) is 0 Å². The molecule has 1 saturated carbocycles. The standard InChI is InChI=1S/C18H29N5OS/c1-14-15(25-13-22-14)16(24)20-9-10-21-17(19-2)23-11-8-18(12-23)6-4-3-5-7-18/h13H,3-12H2,1-2H3,(H,19,21)(H,20,24). The summed E-state index contributed by atoms with van der Waals surface area (Å²) in [5, 5.41) is 6.35. The van der Waals surface area contributed by atoms with Gasteiger partial charge in [-0.15, -0.1) is 11.3 Å². The largest absolute Gasteiger partial charge is 0.354 e. The van der Waals surface area contributed by atoms with Crippen molar-refractivity contribution in [2.24, 2.45) is 10.4 Å². The van der Waals surface area contributed by atoms with Crippen molar-refractivity contribution < 1.29 is 4.79 Å². The number of aryl methyl sites for hydroxylation is 1. The van der Waals surface area contributed by atoms with Crippen LogP contribution in [0.15, 0.2) is 10.5 Å². The van der Waals surface area contributed by atoms with Crippen molar-refractivity contribution in [1.29, 1.82) is 0 Å². The second-order valence-electron chi connectivity index (χ2n) is 7.23. The molecule has 1 saturated heterocycles. The molecule has 6 nitrogen and oxygen atoms in total. The second kappa shape index (κ2) is 8.17. The smallest absolute Gasteiger partial charge is 0.263 e. The summed E-state index contributed by atoms with van der Waals surface area (Å²) in [6, 6.07) is 0. The summed E-state index contributed by atoms with van der Waals surface area (Å²) < 4.78 is 0. The Labute approximate surface area is 154 Å². The zero-order valence-electron chi connectivity index (χ0n) is 15.3. The van der Waals surface area contributed by atoms with E-state index in [0.717, 1.165) is 24.7 Å². The number of carbonyl (C=O) groups is 1. The number of nitrogens with zero attached hydrogens (tertiary/aromatic N) is 3. The highest BCUT2D eigenvalue weighted by atomic mass is 32.1. The molecule has 1 aromatic heterocycles. The minimum atomic E-state index is -0.0425. The van der Waals surface area contributed by atoms with Crippen LogP contribution in [-0.4, -0.2) is 55.0 Å². The number of nitrogens with one attached hydrogen (secondary N) is 2. The van der Waals surface area contributed by atoms with E-state index in [-0.39, 0.29) is 5.91 Å². The molecule has 0 unspecified atom stereocenters. The number of aromatic nitrogens is 1. The molecule has 2 heterocycles. The van der Waals surface area contributed by atoms with Crippen molar-refractivity contribution in [3.8, 4) is 0 Å². The third kappa shape index (κ3) is 4.32. The number of guanidine groups is 1. The highest BCUT2D eigenvalue weighted by Crippen LogP contribution is 2.43. The lowest BCUT2D eigenvalue weighted by atomic mass is 9.73. The molecule has 0 radical (unpaired) electrons. The number of carbonyl (C=O) groups excluding carboxylic acids is 1. The number of amides is 1. The fraction of sp³-hybridized carbons (Fsp3) is 0.722. The molecule has 1 spiro atoms. The number of rotatable bonds is 4. The minimum Gasteiger partial charge on any atom is -0.354 e. The maximum Gasteiger partial charge on any atom is 0.263 e. The maximum absolute atomic E-state index is 12.1. The van der Waals surface area contributed by atoms with E-state index in [0.29, 0.717) is 23.4 Å². The molecule has 3 rings (SSSR count). The van der Waals surface area contributed by atoms with Crippen molar-refractivity contribution in [1.82, 2.24) is 20.5 Å². The summed E-state index contributed by atoms with van der Waals surface area (Å²) in [4.78, 5) is 23.7. The first-order valence-electron chi connectivity index (χ1n) is 9.27. The zero-order chi connectivity index (χ0) is 17.7. The van der Waals surface area contributed by atoms with Gasteiger partial charge in [-0.25, -0.2) is 4.98 Å². The number of thiazole rings is 1. The van der Waals surface area contributed by atoms with Gasteiger partial charge in [0.25, 0.3) is 5.91 Å². The van der Waals surface area contributed by atoms with Gasteiger partial charge >= 0.3 is 0 Å². The van der Waals surface area contributed by atoms with Gasteiger partial charge in [0.15, 0.2) is 5.96 Å². The molecule has 1 aliphatic heterocycles. The predicted molar refractivity (Wildman–Crippen MR) is 102 cm³/mol. The predicted octanol–water partition coefficient (Wildman–Crippen LogP) is 2.41. The molecule has 2 fully saturated rings. The van der Waals surface area contributed by atoms with E-state index >= 15 is 0 Å². The van der Waals surface area contributed by atoms with E-state index in [1.54, 1.807) is 5.51 Å². The van der Waals surface area contributed by atoms with Crippen molar-refractivity contribution in [3.63, 3.8) is 0 Å². The molecule has 2 aliphatic rings. The van der Waals surface area contributed by atoms with Crippen LogP contribution in [0.4, 0.5) is 0 Å². The Bertz CT molecular complexity index is 621. The molecule has 138 valence electrons. The molecule has 1 aromatic rings. The van der Waals surface area contributed by atoms with Crippen molar-refractivity contribution in [2.75, 3.05) is 33.2 Å². The molecule has 7 heteroatoms. The lowest BCUT2D eigenvalue weighted by molar-refractivity contribution is 0.0957. The van der Waals surface area contributed by atoms with Gasteiger partial charge in [0.05, 0.1) is 11.2 Å². The van der Waals surface area contributed by atoms with Gasteiger partial charge in [-0.2, -0.15) is 0 Å². The number of likely N-dealkylation sites (tertiary alicyclic amines) is 1. The average Bonchev–Trinajstić information content (AvgIpc) is 3.22. The third-order valence-corrected chi connectivity index (χ3v) is 6.44. The first-order valence-corrected chi connectivity index (χ1v) is 10.2. The Morgan fingerprint density at radius 2 is 2.04 bits per heavy atom. The Hall–Kier alpha value is -1.63. The molecule has 0 atom stereocenters. The van der Waals surface area contributed by atoms with Crippen LogP contribution >= 0.6 is 11.3 Å². The van der Waals surface area contributed by atoms with Crippen molar-refractivity contribution in [2.45, 2.75) is 45.4 Å². The van der Waals surface area contributed by atoms with Gasteiger partial charge in [-0.05, 0) is 31.6 Å². The fourth-order valence-electron chi connectivity index (χ4n) is 4.11. The molecule has 2 N–H and O–H groups in total. The van der Waals surface area contributed by atoms with E-state index in [2.05, 4.69) is 25.5 Å². The minimum absolute atomic E-state index is 0.0425. The first kappa shape index (κ1) is 18.2. The Kier molecular flexibility index (Phi) is 5.93. The summed E-state index contributed by atoms with van der Waals surface area (Å²) in [5.41, 5.74) is 3.02. The van der Waals surface area contributed by atoms with E-state index in [4.69, 9.17) is 0 Å². The van der Waals surface area contributed by atoms with E-state index in [9.17, 15) is 4.79 Å². The first-order chi connectivity index (χ1) is 12.1. The summed E-state index contributed by atoms with van der Waals surface area (Å²) in [6.07, 6.45) is 8.17. The SMILES string of the molecule is CN=C(NCCNC(=O)c1scnc1C)N1CCC2(CCCCC2)C1. The van der Waals surface area contributed by atoms with Crippen molar-refractivity contribution >= 4 is 23.2 Å². The quantitative estimate of drug-likeness (QED) is 0.490. The van der Waals surface area contributed by atoms with Crippen molar-refractivity contribution in [3.05, 3.63) is 16.1 Å². The third-order valence-electron chi connectivity index (χ3n) is 5.51. The number of hydrogen-bond acceptors (Lipinski definition) is 4. The summed E-state index contributed by atoms with van der Waals surface area (Å²) >= 11 is 1.38. The van der Waals surface area contributed by atoms with Gasteiger partial charge < -0.3 is 15.5 Å². The molecular formula is C18H29N5OS. The Morgan fingerprint density at radius 1 is 1.28 bits per heavy atom. The van der Waals surface area contributed by atoms with Crippen LogP contribution in [0.5, 0.6) is 0 Å². The average molecular weight is 364 g/mol. The molecular weight excluding hydrogens is 334 g/mol. The van der Waals surface area contributed by atoms with E-state index < -0.39 is 0 Å². The molecule has 0 aromatic carbocycles.